The second-order valence-corrected chi connectivity index (χ2v) is 11.8. The summed E-state index contributed by atoms with van der Waals surface area (Å²) in [7, 11) is 0. The van der Waals surface area contributed by atoms with E-state index in [1.54, 1.807) is 50.2 Å². The van der Waals surface area contributed by atoms with Gasteiger partial charge in [-0.05, 0) is 54.8 Å². The summed E-state index contributed by atoms with van der Waals surface area (Å²) in [4.78, 5) is 37.8. The second-order valence-electron chi connectivity index (χ2n) is 10.5. The third-order valence-electron chi connectivity index (χ3n) is 7.26. The van der Waals surface area contributed by atoms with E-state index in [1.807, 2.05) is 30.3 Å². The number of nitrogens with one attached hydrogen (secondary N) is 1. The number of nitrogens with zero attached hydrogens (tertiary/aromatic N) is 5. The fourth-order valence-corrected chi connectivity index (χ4v) is 5.62. The number of alkyl halides is 2. The molecule has 2 heterocycles. The van der Waals surface area contributed by atoms with Crippen LogP contribution in [0, 0.1) is 0 Å². The molecule has 0 fully saturated rings. The molecule has 1 aliphatic rings. The first kappa shape index (κ1) is 32.0. The zero-order valence-electron chi connectivity index (χ0n) is 24.3. The number of benzene rings is 3. The van der Waals surface area contributed by atoms with Crippen LogP contribution in [0.3, 0.4) is 0 Å². The van der Waals surface area contributed by atoms with Gasteiger partial charge in [-0.2, -0.15) is 18.6 Å². The van der Waals surface area contributed by atoms with Crippen molar-refractivity contribution in [3.63, 3.8) is 0 Å². The van der Waals surface area contributed by atoms with Crippen molar-refractivity contribution in [2.45, 2.75) is 45.0 Å². The number of aromatic nitrogens is 3. The summed E-state index contributed by atoms with van der Waals surface area (Å²) in [6.45, 7) is 4.61. The first-order valence-electron chi connectivity index (χ1n) is 13.8. The first-order chi connectivity index (χ1) is 21.5. The summed E-state index contributed by atoms with van der Waals surface area (Å²) in [5, 5.41) is 6.44. The number of alkyl carbamates (subject to hydrolysis) is 1. The predicted molar refractivity (Wildman–Crippen MR) is 169 cm³/mol. The number of hydrogen-bond donors (Lipinski definition) is 1. The molecular formula is C32H28BrClF2N6O3. The van der Waals surface area contributed by atoms with Crippen LogP contribution in [0.5, 0.6) is 0 Å². The number of guanidine groups is 1. The van der Waals surface area contributed by atoms with Crippen molar-refractivity contribution < 1.29 is 23.1 Å². The van der Waals surface area contributed by atoms with Crippen molar-refractivity contribution in [2.24, 2.45) is 4.99 Å². The van der Waals surface area contributed by atoms with Crippen LogP contribution in [0.15, 0.2) is 101 Å². The fourth-order valence-electron chi connectivity index (χ4n) is 5.15. The molecule has 5 rings (SSSR count). The van der Waals surface area contributed by atoms with Crippen LogP contribution in [0.1, 0.15) is 49.5 Å². The van der Waals surface area contributed by atoms with Gasteiger partial charge in [0.1, 0.15) is 12.9 Å². The summed E-state index contributed by atoms with van der Waals surface area (Å²) < 4.78 is 34.0. The smallest absolute Gasteiger partial charge is 0.414 e. The number of carbonyl (C=O) groups is 2. The zero-order valence-corrected chi connectivity index (χ0v) is 26.6. The Bertz CT molecular complexity index is 1770. The minimum absolute atomic E-state index is 0.00155. The molecule has 3 aromatic carbocycles. The van der Waals surface area contributed by atoms with E-state index in [2.05, 4.69) is 37.9 Å². The molecule has 0 unspecified atom stereocenters. The van der Waals surface area contributed by atoms with Gasteiger partial charge in [0.2, 0.25) is 5.96 Å². The molecule has 2 atom stereocenters. The standard InChI is InChI=1S/C32H28BrClF2N6O3/c1-19(2)16-32(23-10-12-24(33)13-11-23)28(43)41(30(40-32)39-31(44)45-17-21-7-5-4-6-8-21)20(3)22-9-14-26(34)25(15-22)27-37-18-38-42(27)29(35)36/h4-15,18,20,29H,1,16-17H2,2-3H3,(H,39,40,44)/t20-,32+/m0/s1. The van der Waals surface area contributed by atoms with Gasteiger partial charge in [-0.15, -0.1) is 6.58 Å². The third kappa shape index (κ3) is 6.66. The fraction of sp³-hybridized carbons (Fsp3) is 0.219. The highest BCUT2D eigenvalue weighted by atomic mass is 79.9. The summed E-state index contributed by atoms with van der Waals surface area (Å²) >= 11 is 9.85. The SMILES string of the molecule is C=C(C)C[C@]1(c2ccc(Br)cc2)N=C(NC(=O)OCc2ccccc2)N([C@@H](C)c2ccc(Cl)c(-c3ncnn3C(F)F)c2)C1=O. The summed E-state index contributed by atoms with van der Waals surface area (Å²) in [6.07, 6.45) is 0.355. The van der Waals surface area contributed by atoms with Crippen LogP contribution in [0.2, 0.25) is 5.02 Å². The molecule has 0 saturated carbocycles. The Balaban J connectivity index is 1.55. The van der Waals surface area contributed by atoms with Crippen molar-refractivity contribution in [1.29, 1.82) is 0 Å². The van der Waals surface area contributed by atoms with Crippen molar-refractivity contribution in [3.05, 3.63) is 117 Å². The number of halogens is 4. The molecule has 0 spiro atoms. The van der Waals surface area contributed by atoms with Crippen molar-refractivity contribution in [2.75, 3.05) is 0 Å². The average Bonchev–Trinajstić information content (AvgIpc) is 3.60. The van der Waals surface area contributed by atoms with E-state index in [1.165, 1.54) is 11.0 Å². The Morgan fingerprint density at radius 1 is 1.13 bits per heavy atom. The lowest BCUT2D eigenvalue weighted by molar-refractivity contribution is -0.133. The highest BCUT2D eigenvalue weighted by Gasteiger charge is 2.51. The van der Waals surface area contributed by atoms with Crippen LogP contribution >= 0.6 is 27.5 Å². The van der Waals surface area contributed by atoms with E-state index in [0.717, 1.165) is 16.4 Å². The van der Waals surface area contributed by atoms with Crippen LogP contribution in [-0.4, -0.2) is 37.6 Å². The Kier molecular flexibility index (Phi) is 9.45. The molecule has 13 heteroatoms. The molecule has 0 saturated heterocycles. The number of aliphatic imine (C=N–C) groups is 1. The average molecular weight is 698 g/mol. The van der Waals surface area contributed by atoms with Gasteiger partial charge in [0.05, 0.1) is 11.1 Å². The Hall–Kier alpha value is -4.42. The van der Waals surface area contributed by atoms with Gasteiger partial charge >= 0.3 is 12.6 Å². The summed E-state index contributed by atoms with van der Waals surface area (Å²) in [5.41, 5.74) is 1.32. The molecule has 1 aromatic heterocycles. The molecule has 45 heavy (non-hydrogen) atoms. The maximum atomic E-state index is 14.6. The maximum Gasteiger partial charge on any atom is 0.414 e. The molecule has 1 N–H and O–H groups in total. The quantitative estimate of drug-likeness (QED) is 0.180. The number of amides is 2. The third-order valence-corrected chi connectivity index (χ3v) is 8.12. The number of rotatable bonds is 9. The van der Waals surface area contributed by atoms with E-state index in [-0.39, 0.29) is 35.4 Å². The van der Waals surface area contributed by atoms with Gasteiger partial charge in [0.25, 0.3) is 5.91 Å². The molecule has 9 nitrogen and oxygen atoms in total. The maximum absolute atomic E-state index is 14.6. The second kappa shape index (κ2) is 13.3. The zero-order chi connectivity index (χ0) is 32.3. The van der Waals surface area contributed by atoms with E-state index in [4.69, 9.17) is 21.3 Å². The molecule has 0 radical (unpaired) electrons. The lowest BCUT2D eigenvalue weighted by Crippen LogP contribution is -2.47. The summed E-state index contributed by atoms with van der Waals surface area (Å²) in [6, 6.07) is 20.3. The number of carbonyl (C=O) groups excluding carboxylic acids is 2. The van der Waals surface area contributed by atoms with Gasteiger partial charge in [0.15, 0.2) is 11.4 Å². The van der Waals surface area contributed by atoms with E-state index < -0.39 is 30.1 Å². The molecule has 1 aliphatic heterocycles. The van der Waals surface area contributed by atoms with Gasteiger partial charge in [-0.3, -0.25) is 15.0 Å². The molecule has 4 aromatic rings. The lowest BCUT2D eigenvalue weighted by Gasteiger charge is -2.30. The molecule has 0 bridgehead atoms. The normalized spacial score (nSPS) is 16.9. The lowest BCUT2D eigenvalue weighted by atomic mass is 9.84. The Morgan fingerprint density at radius 3 is 2.51 bits per heavy atom. The van der Waals surface area contributed by atoms with E-state index >= 15 is 0 Å². The van der Waals surface area contributed by atoms with Crippen molar-refractivity contribution >= 4 is 45.5 Å². The van der Waals surface area contributed by atoms with Crippen molar-refractivity contribution in [3.8, 4) is 11.4 Å². The molecule has 2 amide bonds. The molecule has 232 valence electrons. The topological polar surface area (TPSA) is 102 Å². The van der Waals surface area contributed by atoms with Gasteiger partial charge in [-0.1, -0.05) is 81.6 Å². The minimum atomic E-state index is -2.95. The van der Waals surface area contributed by atoms with Crippen LogP contribution in [-0.2, 0) is 21.7 Å². The largest absolute Gasteiger partial charge is 0.444 e. The predicted octanol–water partition coefficient (Wildman–Crippen LogP) is 7.80. The summed E-state index contributed by atoms with van der Waals surface area (Å²) in [5.74, 6) is -0.604. The Labute approximate surface area is 271 Å². The van der Waals surface area contributed by atoms with E-state index in [0.29, 0.717) is 21.4 Å². The minimum Gasteiger partial charge on any atom is -0.444 e. The number of hydrogen-bond acceptors (Lipinski definition) is 6. The number of ether oxygens (including phenoxy) is 1. The monoisotopic (exact) mass is 696 g/mol. The highest BCUT2D eigenvalue weighted by Crippen LogP contribution is 2.42. The van der Waals surface area contributed by atoms with Crippen LogP contribution < -0.4 is 5.32 Å². The molecule has 0 aliphatic carbocycles. The van der Waals surface area contributed by atoms with Gasteiger partial charge in [0, 0.05) is 16.5 Å². The van der Waals surface area contributed by atoms with Gasteiger partial charge in [-0.25, -0.2) is 14.8 Å². The van der Waals surface area contributed by atoms with E-state index in [9.17, 15) is 18.4 Å². The van der Waals surface area contributed by atoms with Crippen molar-refractivity contribution in [1.82, 2.24) is 25.0 Å². The molecular weight excluding hydrogens is 670 g/mol. The van der Waals surface area contributed by atoms with Gasteiger partial charge < -0.3 is 4.74 Å². The van der Waals surface area contributed by atoms with Crippen LogP contribution in [0.4, 0.5) is 13.6 Å². The van der Waals surface area contributed by atoms with Crippen LogP contribution in [0.25, 0.3) is 11.4 Å². The highest BCUT2D eigenvalue weighted by molar-refractivity contribution is 9.10. The first-order valence-corrected chi connectivity index (χ1v) is 15.0. The Morgan fingerprint density at radius 2 is 1.84 bits per heavy atom.